The molecule has 1 saturated carbocycles. The first kappa shape index (κ1) is 30.5. The Morgan fingerprint density at radius 1 is 1.16 bits per heavy atom. The summed E-state index contributed by atoms with van der Waals surface area (Å²) in [6, 6.07) is 7.72. The fraction of sp³-hybridized carbons (Fsp3) is 0.345. The van der Waals surface area contributed by atoms with Gasteiger partial charge in [0.25, 0.3) is 0 Å². The Kier molecular flexibility index (Phi) is 7.11. The van der Waals surface area contributed by atoms with E-state index in [-0.39, 0.29) is 35.1 Å². The molecule has 1 aliphatic heterocycles. The predicted octanol–water partition coefficient (Wildman–Crippen LogP) is 3.58. The largest absolute Gasteiger partial charge is 0.481 e. The van der Waals surface area contributed by atoms with Crippen LogP contribution < -0.4 is 10.5 Å². The van der Waals surface area contributed by atoms with Gasteiger partial charge in [0.2, 0.25) is 27.6 Å². The molecule has 1 atom stereocenters. The van der Waals surface area contributed by atoms with E-state index in [0.29, 0.717) is 35.1 Å². The van der Waals surface area contributed by atoms with Crippen LogP contribution in [0.25, 0.3) is 5.65 Å². The van der Waals surface area contributed by atoms with Gasteiger partial charge in [-0.05, 0) is 66.6 Å². The van der Waals surface area contributed by atoms with Gasteiger partial charge in [-0.3, -0.25) is 14.0 Å². The van der Waals surface area contributed by atoms with E-state index in [1.165, 1.54) is 16.6 Å². The number of hydrogen-bond acceptors (Lipinski definition) is 8. The second-order valence-electron chi connectivity index (χ2n) is 11.4. The molecule has 1 spiro atoms. The van der Waals surface area contributed by atoms with E-state index < -0.39 is 51.8 Å². The number of carboxylic acid groups (broad SMARTS) is 1. The number of sulfonamides is 1. The number of alkyl halides is 3. The van der Waals surface area contributed by atoms with Crippen LogP contribution in [0.2, 0.25) is 0 Å². The number of carboxylic acids is 1. The third kappa shape index (κ3) is 5.48. The number of aromatic nitrogens is 4. The standard InChI is InChI=1S/C29H27F3N6O6S/c1-15-3-4-17(21(11-23(39)40)20-5-8-38-25(16(20)2)35-36-27(38)29(30,31)32)9-19(15)13-37-14-28(6-7-28)44-26-22(45(37,42)43)10-18(12-34-26)24(33)41/h3-5,8-10,12,21H,6-7,11,13-14H2,1-2H3,(H2,33,41)(H,39,40)/t21-/m0/s1. The monoisotopic (exact) mass is 644 g/mol. The van der Waals surface area contributed by atoms with Crippen LogP contribution in [-0.2, 0) is 27.5 Å². The van der Waals surface area contributed by atoms with Crippen molar-refractivity contribution < 1.29 is 41.0 Å². The van der Waals surface area contributed by atoms with Crippen LogP contribution in [-0.4, -0.2) is 61.4 Å². The van der Waals surface area contributed by atoms with E-state index in [1.54, 1.807) is 32.0 Å². The summed E-state index contributed by atoms with van der Waals surface area (Å²) in [7, 11) is -4.23. The van der Waals surface area contributed by atoms with Crippen LogP contribution in [0.15, 0.2) is 47.6 Å². The van der Waals surface area contributed by atoms with Gasteiger partial charge < -0.3 is 15.6 Å². The van der Waals surface area contributed by atoms with Crippen LogP contribution in [0.5, 0.6) is 5.88 Å². The van der Waals surface area contributed by atoms with Crippen molar-refractivity contribution in [3.05, 3.63) is 81.9 Å². The molecule has 12 nitrogen and oxygen atoms in total. The lowest BCUT2D eigenvalue weighted by Gasteiger charge is -2.25. The van der Waals surface area contributed by atoms with Crippen molar-refractivity contribution in [1.29, 1.82) is 0 Å². The molecule has 0 unspecified atom stereocenters. The maximum atomic E-state index is 13.9. The van der Waals surface area contributed by atoms with Gasteiger partial charge in [0.1, 0.15) is 10.5 Å². The highest BCUT2D eigenvalue weighted by molar-refractivity contribution is 7.89. The minimum atomic E-state index is -4.74. The summed E-state index contributed by atoms with van der Waals surface area (Å²) in [5.41, 5.74) is 7.02. The molecule has 4 aromatic rings. The molecule has 16 heteroatoms. The molecular weight excluding hydrogens is 617 g/mol. The van der Waals surface area contributed by atoms with Gasteiger partial charge in [0.05, 0.1) is 18.5 Å². The molecular formula is C29H27F3N6O6S. The number of halogens is 3. The van der Waals surface area contributed by atoms with Crippen molar-refractivity contribution in [1.82, 2.24) is 23.9 Å². The van der Waals surface area contributed by atoms with E-state index in [0.717, 1.165) is 22.2 Å². The molecule has 3 aromatic heterocycles. The number of primary amides is 1. The Hall–Kier alpha value is -4.57. The van der Waals surface area contributed by atoms with Crippen molar-refractivity contribution in [2.75, 3.05) is 6.54 Å². The Balaban J connectivity index is 1.41. The quantitative estimate of drug-likeness (QED) is 0.305. The predicted molar refractivity (Wildman–Crippen MR) is 151 cm³/mol. The number of rotatable bonds is 7. The first-order valence-corrected chi connectivity index (χ1v) is 15.3. The van der Waals surface area contributed by atoms with E-state index in [1.807, 2.05) is 0 Å². The van der Waals surface area contributed by atoms with Crippen LogP contribution in [0, 0.1) is 13.8 Å². The summed E-state index contributed by atoms with van der Waals surface area (Å²) in [5.74, 6) is -4.11. The highest BCUT2D eigenvalue weighted by Crippen LogP contribution is 2.46. The van der Waals surface area contributed by atoms with Crippen LogP contribution >= 0.6 is 0 Å². The normalized spacial score (nSPS) is 17.8. The number of benzene rings is 1. The Labute approximate surface area is 254 Å². The second kappa shape index (κ2) is 10.5. The van der Waals surface area contributed by atoms with E-state index in [9.17, 15) is 36.3 Å². The topological polar surface area (TPSA) is 170 Å². The average molecular weight is 645 g/mol. The fourth-order valence-corrected chi connectivity index (χ4v) is 7.25. The zero-order chi connectivity index (χ0) is 32.5. The van der Waals surface area contributed by atoms with Crippen molar-refractivity contribution in [2.24, 2.45) is 5.73 Å². The van der Waals surface area contributed by atoms with Gasteiger partial charge in [-0.1, -0.05) is 18.2 Å². The smallest absolute Gasteiger partial charge is 0.452 e. The number of carbonyl (C=O) groups is 2. The molecule has 0 saturated heterocycles. The van der Waals surface area contributed by atoms with Crippen molar-refractivity contribution >= 4 is 27.5 Å². The third-order valence-corrected chi connectivity index (χ3v) is 10.1. The molecule has 1 amide bonds. The molecule has 1 aromatic carbocycles. The van der Waals surface area contributed by atoms with E-state index in [2.05, 4.69) is 15.2 Å². The number of ether oxygens (including phenoxy) is 1. The second-order valence-corrected chi connectivity index (χ2v) is 13.3. The zero-order valence-corrected chi connectivity index (χ0v) is 24.8. The Morgan fingerprint density at radius 3 is 2.53 bits per heavy atom. The van der Waals surface area contributed by atoms with Gasteiger partial charge in [0, 0.05) is 24.9 Å². The van der Waals surface area contributed by atoms with Crippen LogP contribution in [0.1, 0.15) is 69.2 Å². The summed E-state index contributed by atoms with van der Waals surface area (Å²) < 4.78 is 76.3. The number of nitrogens with two attached hydrogens (primary N) is 1. The Bertz CT molecular complexity index is 1990. The number of hydrogen-bond donors (Lipinski definition) is 2. The summed E-state index contributed by atoms with van der Waals surface area (Å²) in [5, 5.41) is 16.8. The Morgan fingerprint density at radius 2 is 1.89 bits per heavy atom. The number of carbonyl (C=O) groups excluding carboxylic acids is 1. The van der Waals surface area contributed by atoms with Crippen molar-refractivity contribution in [3.63, 3.8) is 0 Å². The van der Waals surface area contributed by atoms with Crippen LogP contribution in [0.4, 0.5) is 13.2 Å². The summed E-state index contributed by atoms with van der Waals surface area (Å²) in [6.45, 7) is 3.24. The molecule has 0 bridgehead atoms. The van der Waals surface area contributed by atoms with Crippen molar-refractivity contribution in [3.8, 4) is 5.88 Å². The van der Waals surface area contributed by atoms with Gasteiger partial charge in [0.15, 0.2) is 5.65 Å². The van der Waals surface area contributed by atoms with Crippen LogP contribution in [0.3, 0.4) is 0 Å². The van der Waals surface area contributed by atoms with E-state index >= 15 is 0 Å². The number of aryl methyl sites for hydroxylation is 2. The highest BCUT2D eigenvalue weighted by Gasteiger charge is 2.52. The molecule has 0 radical (unpaired) electrons. The number of amides is 1. The first-order valence-electron chi connectivity index (χ1n) is 13.8. The lowest BCUT2D eigenvalue weighted by Crippen LogP contribution is -2.38. The van der Waals surface area contributed by atoms with Gasteiger partial charge in [-0.15, -0.1) is 10.2 Å². The molecule has 4 heterocycles. The molecule has 2 aliphatic rings. The molecule has 1 aliphatic carbocycles. The SMILES string of the molecule is Cc1ccc([C@H](CC(=O)O)c2ccn3c(C(F)(F)F)nnc3c2C)cc1CN1CC2(CC2)Oc2ncc(C(N)=O)cc2S1(=O)=O. The minimum Gasteiger partial charge on any atom is -0.481 e. The summed E-state index contributed by atoms with van der Waals surface area (Å²) in [6.07, 6.45) is -1.62. The lowest BCUT2D eigenvalue weighted by atomic mass is 9.85. The molecule has 6 rings (SSSR count). The molecule has 3 N–H and O–H groups in total. The highest BCUT2D eigenvalue weighted by atomic mass is 32.2. The zero-order valence-electron chi connectivity index (χ0n) is 24.0. The molecule has 1 fully saturated rings. The van der Waals surface area contributed by atoms with Crippen molar-refractivity contribution in [2.45, 2.75) is 62.2 Å². The van der Waals surface area contributed by atoms with Gasteiger partial charge >= 0.3 is 12.1 Å². The summed E-state index contributed by atoms with van der Waals surface area (Å²) in [4.78, 5) is 27.6. The van der Waals surface area contributed by atoms with Gasteiger partial charge in [-0.25, -0.2) is 13.4 Å². The third-order valence-electron chi connectivity index (χ3n) is 8.30. The first-order chi connectivity index (χ1) is 21.1. The lowest BCUT2D eigenvalue weighted by molar-refractivity contribution is -0.145. The maximum absolute atomic E-state index is 13.9. The maximum Gasteiger partial charge on any atom is 0.452 e. The number of aliphatic carboxylic acids is 1. The minimum absolute atomic E-state index is 0.0179. The molecule has 236 valence electrons. The number of nitrogens with zero attached hydrogens (tertiary/aromatic N) is 5. The van der Waals surface area contributed by atoms with Gasteiger partial charge in [-0.2, -0.15) is 17.5 Å². The number of fused-ring (bicyclic) bond motifs is 2. The van der Waals surface area contributed by atoms with E-state index in [4.69, 9.17) is 10.5 Å². The fourth-order valence-electron chi connectivity index (χ4n) is 5.67. The summed E-state index contributed by atoms with van der Waals surface area (Å²) >= 11 is 0. The number of pyridine rings is 2. The average Bonchev–Trinajstić information content (AvgIpc) is 3.57. The molecule has 45 heavy (non-hydrogen) atoms.